The molecule has 0 radical (unpaired) electrons. The summed E-state index contributed by atoms with van der Waals surface area (Å²) in [6, 6.07) is 5.03. The van der Waals surface area contributed by atoms with Crippen LogP contribution in [0.5, 0.6) is 0 Å². The Morgan fingerprint density at radius 1 is 1.42 bits per heavy atom. The average Bonchev–Trinajstić information content (AvgIpc) is 2.28. The summed E-state index contributed by atoms with van der Waals surface area (Å²) in [7, 11) is 0. The Bertz CT molecular complexity index is 449. The molecule has 0 fully saturated rings. The maximum atomic E-state index is 11.9. The van der Waals surface area contributed by atoms with Crippen molar-refractivity contribution in [2.24, 2.45) is 5.73 Å². The Kier molecular flexibility index (Phi) is 5.68. The fraction of sp³-hybridized carbons (Fsp3) is 0.417. The maximum absolute atomic E-state index is 11.9. The van der Waals surface area contributed by atoms with Crippen molar-refractivity contribution in [3.05, 3.63) is 34.9 Å². The predicted octanol–water partition coefficient (Wildman–Crippen LogP) is 2.44. The van der Waals surface area contributed by atoms with Crippen LogP contribution in [0.15, 0.2) is 18.2 Å². The number of carbonyl (C=O) groups is 1. The molecule has 1 aromatic carbocycles. The number of halogens is 3. The van der Waals surface area contributed by atoms with Gasteiger partial charge in [0.05, 0.1) is 0 Å². The Morgan fingerprint density at radius 2 is 2.11 bits per heavy atom. The third-order valence-electron chi connectivity index (χ3n) is 2.49. The number of rotatable bonds is 6. The number of carbonyl (C=O) groups excluding carboxylic acids is 1. The number of benzene rings is 1. The topological polar surface area (TPSA) is 55.1 Å². The summed E-state index contributed by atoms with van der Waals surface area (Å²) in [5, 5.41) is 2.93. The molecule has 0 atom stereocenters. The molecule has 0 aromatic heterocycles. The maximum Gasteiger partial charge on any atom is 0.441 e. The third kappa shape index (κ3) is 5.98. The van der Waals surface area contributed by atoms with Crippen LogP contribution in [0.4, 0.5) is 13.2 Å². The van der Waals surface area contributed by atoms with E-state index in [2.05, 4.69) is 5.32 Å². The van der Waals surface area contributed by atoms with Crippen LogP contribution >= 0.6 is 11.8 Å². The molecule has 0 heterocycles. The summed E-state index contributed by atoms with van der Waals surface area (Å²) < 4.78 is 35.6. The van der Waals surface area contributed by atoms with Crippen molar-refractivity contribution in [2.75, 3.05) is 12.3 Å². The molecule has 1 rings (SSSR count). The summed E-state index contributed by atoms with van der Waals surface area (Å²) in [5.41, 5.74) is 3.21. The van der Waals surface area contributed by atoms with Crippen molar-refractivity contribution in [1.29, 1.82) is 0 Å². The Hall–Kier alpha value is -1.21. The van der Waals surface area contributed by atoms with Crippen molar-refractivity contribution in [2.45, 2.75) is 19.0 Å². The molecule has 3 N–H and O–H groups in total. The van der Waals surface area contributed by atoms with Crippen LogP contribution in [0.2, 0.25) is 0 Å². The van der Waals surface area contributed by atoms with Gasteiger partial charge in [-0.1, -0.05) is 6.07 Å². The van der Waals surface area contributed by atoms with Gasteiger partial charge in [-0.2, -0.15) is 13.2 Å². The number of amides is 1. The van der Waals surface area contributed by atoms with Crippen molar-refractivity contribution >= 4 is 17.7 Å². The molecular formula is C12H15F3N2OS. The van der Waals surface area contributed by atoms with E-state index in [1.165, 1.54) is 0 Å². The number of nitrogens with one attached hydrogen (secondary N) is 1. The van der Waals surface area contributed by atoms with E-state index in [1.54, 1.807) is 18.2 Å². The van der Waals surface area contributed by atoms with Crippen LogP contribution in [0.25, 0.3) is 0 Å². The number of hydrogen-bond donors (Lipinski definition) is 2. The SMILES string of the molecule is Cc1cc(C(N)=O)ccc1CNCCSC(F)(F)F. The molecule has 0 bridgehead atoms. The van der Waals surface area contributed by atoms with Crippen LogP contribution in [-0.2, 0) is 6.54 Å². The molecule has 0 spiro atoms. The minimum Gasteiger partial charge on any atom is -0.366 e. The van der Waals surface area contributed by atoms with E-state index in [0.717, 1.165) is 11.1 Å². The number of aryl methyl sites for hydroxylation is 1. The van der Waals surface area contributed by atoms with E-state index < -0.39 is 11.4 Å². The first-order valence-electron chi connectivity index (χ1n) is 5.60. The van der Waals surface area contributed by atoms with E-state index in [0.29, 0.717) is 12.1 Å². The molecule has 3 nitrogen and oxygen atoms in total. The second-order valence-corrected chi connectivity index (χ2v) is 5.14. The zero-order valence-corrected chi connectivity index (χ0v) is 11.2. The normalized spacial score (nSPS) is 11.6. The van der Waals surface area contributed by atoms with Gasteiger partial charge in [0, 0.05) is 24.4 Å². The number of primary amides is 1. The lowest BCUT2D eigenvalue weighted by atomic mass is 10.0. The van der Waals surface area contributed by atoms with Gasteiger partial charge in [-0.15, -0.1) is 0 Å². The smallest absolute Gasteiger partial charge is 0.366 e. The van der Waals surface area contributed by atoms with Gasteiger partial charge in [0.2, 0.25) is 5.91 Å². The van der Waals surface area contributed by atoms with Gasteiger partial charge >= 0.3 is 5.51 Å². The first-order valence-corrected chi connectivity index (χ1v) is 6.59. The molecule has 0 aliphatic rings. The number of nitrogens with two attached hydrogens (primary N) is 1. The van der Waals surface area contributed by atoms with Gasteiger partial charge < -0.3 is 11.1 Å². The summed E-state index contributed by atoms with van der Waals surface area (Å²) in [5.74, 6) is -0.522. The second kappa shape index (κ2) is 6.81. The highest BCUT2D eigenvalue weighted by atomic mass is 32.2. The Labute approximate surface area is 113 Å². The third-order valence-corrected chi connectivity index (χ3v) is 3.22. The predicted molar refractivity (Wildman–Crippen MR) is 69.9 cm³/mol. The van der Waals surface area contributed by atoms with Crippen molar-refractivity contribution in [1.82, 2.24) is 5.32 Å². The zero-order chi connectivity index (χ0) is 14.5. The highest BCUT2D eigenvalue weighted by Crippen LogP contribution is 2.29. The van der Waals surface area contributed by atoms with Gasteiger partial charge in [-0.05, 0) is 41.9 Å². The Morgan fingerprint density at radius 3 is 2.63 bits per heavy atom. The van der Waals surface area contributed by atoms with E-state index in [-0.39, 0.29) is 24.1 Å². The molecule has 7 heteroatoms. The zero-order valence-electron chi connectivity index (χ0n) is 10.4. The molecular weight excluding hydrogens is 277 g/mol. The van der Waals surface area contributed by atoms with Crippen LogP contribution < -0.4 is 11.1 Å². The fourth-order valence-corrected chi connectivity index (χ4v) is 1.99. The molecule has 0 saturated carbocycles. The average molecular weight is 292 g/mol. The van der Waals surface area contributed by atoms with Crippen LogP contribution in [0.3, 0.4) is 0 Å². The summed E-state index contributed by atoms with van der Waals surface area (Å²) in [4.78, 5) is 11.0. The van der Waals surface area contributed by atoms with Gasteiger partial charge in [0.1, 0.15) is 0 Å². The lowest BCUT2D eigenvalue weighted by Crippen LogP contribution is -2.19. The van der Waals surface area contributed by atoms with E-state index in [4.69, 9.17) is 5.73 Å². The molecule has 0 aliphatic carbocycles. The molecule has 1 amide bonds. The van der Waals surface area contributed by atoms with E-state index in [1.807, 2.05) is 6.92 Å². The molecule has 0 saturated heterocycles. The lowest BCUT2D eigenvalue weighted by Gasteiger charge is -2.09. The highest BCUT2D eigenvalue weighted by Gasteiger charge is 2.27. The van der Waals surface area contributed by atoms with Crippen molar-refractivity contribution in [3.8, 4) is 0 Å². The van der Waals surface area contributed by atoms with Crippen LogP contribution in [0.1, 0.15) is 21.5 Å². The highest BCUT2D eigenvalue weighted by molar-refractivity contribution is 8.00. The lowest BCUT2D eigenvalue weighted by molar-refractivity contribution is -0.0327. The van der Waals surface area contributed by atoms with Crippen molar-refractivity contribution < 1.29 is 18.0 Å². The summed E-state index contributed by atoms with van der Waals surface area (Å²) in [6.45, 7) is 2.55. The molecule has 1 aromatic rings. The van der Waals surface area contributed by atoms with Crippen LogP contribution in [0, 0.1) is 6.92 Å². The first kappa shape index (κ1) is 15.8. The summed E-state index contributed by atoms with van der Waals surface area (Å²) in [6.07, 6.45) is 0. The monoisotopic (exact) mass is 292 g/mol. The van der Waals surface area contributed by atoms with Gasteiger partial charge in [0.15, 0.2) is 0 Å². The minimum absolute atomic E-state index is 0.0259. The fourth-order valence-electron chi connectivity index (χ4n) is 1.51. The van der Waals surface area contributed by atoms with E-state index >= 15 is 0 Å². The van der Waals surface area contributed by atoms with Gasteiger partial charge in [-0.25, -0.2) is 0 Å². The quantitative estimate of drug-likeness (QED) is 0.792. The second-order valence-electron chi connectivity index (χ2n) is 3.98. The number of alkyl halides is 3. The number of thioether (sulfide) groups is 1. The van der Waals surface area contributed by atoms with Crippen molar-refractivity contribution in [3.63, 3.8) is 0 Å². The van der Waals surface area contributed by atoms with Crippen LogP contribution in [-0.4, -0.2) is 23.7 Å². The van der Waals surface area contributed by atoms with Gasteiger partial charge in [-0.3, -0.25) is 4.79 Å². The number of hydrogen-bond acceptors (Lipinski definition) is 3. The van der Waals surface area contributed by atoms with E-state index in [9.17, 15) is 18.0 Å². The largest absolute Gasteiger partial charge is 0.441 e. The molecule has 106 valence electrons. The first-order chi connectivity index (χ1) is 8.79. The van der Waals surface area contributed by atoms with Gasteiger partial charge in [0.25, 0.3) is 0 Å². The standard InChI is InChI=1S/C12H15F3N2OS/c1-8-6-9(11(16)18)2-3-10(8)7-17-4-5-19-12(13,14)15/h2-3,6,17H,4-5,7H2,1H3,(H2,16,18). The summed E-state index contributed by atoms with van der Waals surface area (Å²) >= 11 is -0.0444. The molecule has 0 unspecified atom stereocenters. The molecule has 0 aliphatic heterocycles. The Balaban J connectivity index is 2.40. The minimum atomic E-state index is -4.18. The molecule has 19 heavy (non-hydrogen) atoms.